The molecular formula is C22H28N2O4. The quantitative estimate of drug-likeness (QED) is 0.399. The predicted octanol–water partition coefficient (Wildman–Crippen LogP) is 3.30. The van der Waals surface area contributed by atoms with Gasteiger partial charge in [-0.2, -0.15) is 0 Å². The Kier molecular flexibility index (Phi) is 8.97. The van der Waals surface area contributed by atoms with E-state index in [1.54, 1.807) is 12.5 Å². The predicted molar refractivity (Wildman–Crippen MR) is 108 cm³/mol. The summed E-state index contributed by atoms with van der Waals surface area (Å²) >= 11 is 0. The number of hydrogen-bond donors (Lipinski definition) is 0. The molecule has 0 amide bonds. The topological polar surface area (TPSA) is 54.7 Å². The van der Waals surface area contributed by atoms with E-state index in [-0.39, 0.29) is 0 Å². The molecule has 2 aromatic carbocycles. The van der Waals surface area contributed by atoms with Gasteiger partial charge in [0.1, 0.15) is 0 Å². The molecule has 0 unspecified atom stereocenters. The Morgan fingerprint density at radius 2 is 1.39 bits per heavy atom. The van der Waals surface area contributed by atoms with E-state index in [1.807, 2.05) is 10.8 Å². The number of imidazole rings is 1. The van der Waals surface area contributed by atoms with Gasteiger partial charge in [0.15, 0.2) is 0 Å². The van der Waals surface area contributed by atoms with Crippen molar-refractivity contribution in [3.63, 3.8) is 0 Å². The SMILES string of the molecule is c1ccc2cc(COCCOCCOCCOCCn3ccnc3)ccc2c1. The fourth-order valence-corrected chi connectivity index (χ4v) is 2.77. The summed E-state index contributed by atoms with van der Waals surface area (Å²) in [6, 6.07) is 14.7. The second-order valence-electron chi connectivity index (χ2n) is 6.37. The van der Waals surface area contributed by atoms with Crippen molar-refractivity contribution in [1.82, 2.24) is 9.55 Å². The van der Waals surface area contributed by atoms with Gasteiger partial charge < -0.3 is 23.5 Å². The van der Waals surface area contributed by atoms with Crippen LogP contribution in [0.3, 0.4) is 0 Å². The van der Waals surface area contributed by atoms with Crippen LogP contribution in [0.4, 0.5) is 0 Å². The molecule has 0 aliphatic carbocycles. The molecule has 0 atom stereocenters. The van der Waals surface area contributed by atoms with Crippen molar-refractivity contribution in [2.75, 3.05) is 46.2 Å². The fraction of sp³-hybridized carbons (Fsp3) is 0.409. The average Bonchev–Trinajstić information content (AvgIpc) is 3.25. The maximum atomic E-state index is 5.68. The average molecular weight is 384 g/mol. The van der Waals surface area contributed by atoms with Gasteiger partial charge in [0.25, 0.3) is 0 Å². The van der Waals surface area contributed by atoms with E-state index in [0.29, 0.717) is 52.9 Å². The zero-order chi connectivity index (χ0) is 19.3. The van der Waals surface area contributed by atoms with Crippen molar-refractivity contribution in [2.24, 2.45) is 0 Å². The van der Waals surface area contributed by atoms with Gasteiger partial charge in [-0.25, -0.2) is 4.98 Å². The summed E-state index contributed by atoms with van der Waals surface area (Å²) in [5.41, 5.74) is 1.18. The van der Waals surface area contributed by atoms with Crippen LogP contribution in [0.15, 0.2) is 61.2 Å². The summed E-state index contributed by atoms with van der Waals surface area (Å²) in [4.78, 5) is 3.98. The van der Waals surface area contributed by atoms with Crippen molar-refractivity contribution in [3.8, 4) is 0 Å². The molecule has 0 saturated heterocycles. The third-order valence-corrected chi connectivity index (χ3v) is 4.25. The van der Waals surface area contributed by atoms with Crippen LogP contribution < -0.4 is 0 Å². The van der Waals surface area contributed by atoms with Crippen LogP contribution in [0.25, 0.3) is 10.8 Å². The molecule has 3 rings (SSSR count). The van der Waals surface area contributed by atoms with Crippen LogP contribution in [0.5, 0.6) is 0 Å². The van der Waals surface area contributed by atoms with Gasteiger partial charge in [-0.05, 0) is 22.4 Å². The minimum absolute atomic E-state index is 0.564. The Balaban J connectivity index is 1.12. The molecule has 1 heterocycles. The molecule has 0 bridgehead atoms. The van der Waals surface area contributed by atoms with Crippen LogP contribution in [0.2, 0.25) is 0 Å². The van der Waals surface area contributed by atoms with E-state index < -0.39 is 0 Å². The number of rotatable bonds is 14. The third-order valence-electron chi connectivity index (χ3n) is 4.25. The Morgan fingerprint density at radius 3 is 2.11 bits per heavy atom. The summed E-state index contributed by atoms with van der Waals surface area (Å²) < 4.78 is 24.2. The Morgan fingerprint density at radius 1 is 0.714 bits per heavy atom. The molecule has 1 aromatic heterocycles. The summed E-state index contributed by atoms with van der Waals surface area (Å²) in [6.45, 7) is 5.50. The van der Waals surface area contributed by atoms with Crippen molar-refractivity contribution >= 4 is 10.8 Å². The number of nitrogens with zero attached hydrogens (tertiary/aromatic N) is 2. The highest BCUT2D eigenvalue weighted by Crippen LogP contribution is 2.16. The lowest BCUT2D eigenvalue weighted by Crippen LogP contribution is -2.13. The van der Waals surface area contributed by atoms with E-state index in [2.05, 4.69) is 47.4 Å². The Hall–Kier alpha value is -2.25. The van der Waals surface area contributed by atoms with Crippen LogP contribution in [-0.2, 0) is 32.1 Å². The van der Waals surface area contributed by atoms with E-state index in [1.165, 1.54) is 16.3 Å². The van der Waals surface area contributed by atoms with Crippen LogP contribution >= 0.6 is 0 Å². The number of ether oxygens (including phenoxy) is 4. The lowest BCUT2D eigenvalue weighted by molar-refractivity contribution is -0.00474. The zero-order valence-corrected chi connectivity index (χ0v) is 16.2. The number of aromatic nitrogens is 2. The van der Waals surface area contributed by atoms with Crippen molar-refractivity contribution in [3.05, 3.63) is 66.7 Å². The van der Waals surface area contributed by atoms with E-state index >= 15 is 0 Å². The smallest absolute Gasteiger partial charge is 0.0946 e. The first-order valence-electron chi connectivity index (χ1n) is 9.66. The zero-order valence-electron chi connectivity index (χ0n) is 16.2. The van der Waals surface area contributed by atoms with Gasteiger partial charge in [-0.15, -0.1) is 0 Å². The van der Waals surface area contributed by atoms with Crippen molar-refractivity contribution < 1.29 is 18.9 Å². The lowest BCUT2D eigenvalue weighted by Gasteiger charge is -2.08. The first-order valence-corrected chi connectivity index (χ1v) is 9.66. The number of fused-ring (bicyclic) bond motifs is 1. The third kappa shape index (κ3) is 7.40. The maximum absolute atomic E-state index is 5.68. The van der Waals surface area contributed by atoms with Crippen molar-refractivity contribution in [2.45, 2.75) is 13.2 Å². The van der Waals surface area contributed by atoms with Gasteiger partial charge in [0, 0.05) is 18.9 Å². The molecule has 0 spiro atoms. The molecule has 6 nitrogen and oxygen atoms in total. The van der Waals surface area contributed by atoms with Crippen molar-refractivity contribution in [1.29, 1.82) is 0 Å². The van der Waals surface area contributed by atoms with Gasteiger partial charge in [-0.1, -0.05) is 36.4 Å². The molecule has 6 heteroatoms. The standard InChI is InChI=1S/C22H28N2O4/c1-2-4-22-17-20(5-6-21(22)3-1)18-28-16-15-27-14-13-26-12-11-25-10-9-24-8-7-23-19-24/h1-8,17,19H,9-16,18H2. The van der Waals surface area contributed by atoms with Gasteiger partial charge in [0.2, 0.25) is 0 Å². The van der Waals surface area contributed by atoms with Crippen LogP contribution in [0.1, 0.15) is 5.56 Å². The highest BCUT2D eigenvalue weighted by atomic mass is 16.6. The maximum Gasteiger partial charge on any atom is 0.0946 e. The highest BCUT2D eigenvalue weighted by Gasteiger charge is 1.97. The summed E-state index contributed by atoms with van der Waals surface area (Å²) in [5, 5.41) is 2.49. The molecule has 0 fully saturated rings. The highest BCUT2D eigenvalue weighted by molar-refractivity contribution is 5.82. The van der Waals surface area contributed by atoms with Gasteiger partial charge in [-0.3, -0.25) is 0 Å². The molecule has 3 aromatic rings. The van der Waals surface area contributed by atoms with Gasteiger partial charge >= 0.3 is 0 Å². The number of hydrogen-bond acceptors (Lipinski definition) is 5. The fourth-order valence-electron chi connectivity index (χ4n) is 2.77. The lowest BCUT2D eigenvalue weighted by atomic mass is 10.1. The molecule has 0 aliphatic heterocycles. The molecule has 0 radical (unpaired) electrons. The molecular weight excluding hydrogens is 356 g/mol. The van der Waals surface area contributed by atoms with E-state index in [4.69, 9.17) is 18.9 Å². The van der Waals surface area contributed by atoms with E-state index in [0.717, 1.165) is 6.54 Å². The van der Waals surface area contributed by atoms with E-state index in [9.17, 15) is 0 Å². The van der Waals surface area contributed by atoms with Gasteiger partial charge in [0.05, 0.1) is 59.2 Å². The first-order chi connectivity index (χ1) is 13.9. The summed E-state index contributed by atoms with van der Waals surface area (Å²) in [5.74, 6) is 0. The molecule has 0 aliphatic rings. The molecule has 0 saturated carbocycles. The normalized spacial score (nSPS) is 11.3. The first kappa shape index (κ1) is 20.5. The Bertz CT molecular complexity index is 792. The van der Waals surface area contributed by atoms with Crippen LogP contribution in [0, 0.1) is 0 Å². The molecule has 150 valence electrons. The summed E-state index contributed by atoms with van der Waals surface area (Å²) in [6.07, 6.45) is 5.46. The number of benzene rings is 2. The summed E-state index contributed by atoms with van der Waals surface area (Å²) in [7, 11) is 0. The second-order valence-corrected chi connectivity index (χ2v) is 6.37. The second kappa shape index (κ2) is 12.3. The largest absolute Gasteiger partial charge is 0.377 e. The Labute approximate surface area is 166 Å². The minimum Gasteiger partial charge on any atom is -0.377 e. The minimum atomic E-state index is 0.564. The monoisotopic (exact) mass is 384 g/mol. The molecule has 28 heavy (non-hydrogen) atoms. The van der Waals surface area contributed by atoms with Crippen LogP contribution in [-0.4, -0.2) is 55.8 Å². The molecule has 0 N–H and O–H groups in total.